The number of methoxy groups -OCH3 is 1. The van der Waals surface area contributed by atoms with Gasteiger partial charge in [-0.15, -0.1) is 0 Å². The normalized spacial score (nSPS) is 11.8. The summed E-state index contributed by atoms with van der Waals surface area (Å²) < 4.78 is 15.6. The van der Waals surface area contributed by atoms with E-state index in [2.05, 4.69) is 10.6 Å². The summed E-state index contributed by atoms with van der Waals surface area (Å²) in [5.74, 6) is -0.846. The Bertz CT molecular complexity index is 939. The minimum Gasteiger partial charge on any atom is -0.495 e. The first-order valence-corrected chi connectivity index (χ1v) is 9.94. The summed E-state index contributed by atoms with van der Waals surface area (Å²) in [6, 6.07) is 12.6. The van der Waals surface area contributed by atoms with Gasteiger partial charge in [0.15, 0.2) is 0 Å². The molecule has 1 atom stereocenters. The number of rotatable bonds is 8. The first kappa shape index (κ1) is 24.5. The van der Waals surface area contributed by atoms with Crippen molar-refractivity contribution in [2.75, 3.05) is 12.4 Å². The number of aliphatic carboxylic acids is 1. The van der Waals surface area contributed by atoms with Crippen LogP contribution in [0.5, 0.6) is 5.75 Å². The maximum absolute atomic E-state index is 12.1. The van der Waals surface area contributed by atoms with Crippen molar-refractivity contribution in [3.63, 3.8) is 0 Å². The number of carboxylic acids is 1. The van der Waals surface area contributed by atoms with Crippen molar-refractivity contribution in [1.82, 2.24) is 5.32 Å². The molecule has 0 bridgehead atoms. The van der Waals surface area contributed by atoms with Gasteiger partial charge in [-0.1, -0.05) is 36.4 Å². The summed E-state index contributed by atoms with van der Waals surface area (Å²) >= 11 is 0. The molecule has 172 valence electrons. The highest BCUT2D eigenvalue weighted by atomic mass is 16.6. The molecule has 0 heterocycles. The van der Waals surface area contributed by atoms with Gasteiger partial charge in [0.05, 0.1) is 12.8 Å². The predicted octanol–water partition coefficient (Wildman–Crippen LogP) is 3.96. The van der Waals surface area contributed by atoms with Crippen LogP contribution in [0.25, 0.3) is 0 Å². The number of hydrogen-bond donors (Lipinski definition) is 3. The van der Waals surface area contributed by atoms with Gasteiger partial charge in [-0.25, -0.2) is 14.4 Å². The van der Waals surface area contributed by atoms with E-state index in [-0.39, 0.29) is 13.0 Å². The molecule has 0 aromatic heterocycles. The predicted molar refractivity (Wildman–Crippen MR) is 118 cm³/mol. The number of alkyl carbamates (subject to hydrolysis) is 1. The standard InChI is InChI=1S/C23H28N2O7/c1-23(2,3)32-22(29)24-17-12-16(10-11-19(17)30-4)13-18(20(26)27)25-21(28)31-14-15-8-6-5-7-9-15/h5-12,18H,13-14H2,1-4H3,(H,24,29)(H,25,28)(H,26,27). The lowest BCUT2D eigenvalue weighted by Crippen LogP contribution is -2.42. The van der Waals surface area contributed by atoms with E-state index in [4.69, 9.17) is 14.2 Å². The van der Waals surface area contributed by atoms with Crippen LogP contribution in [0.2, 0.25) is 0 Å². The lowest BCUT2D eigenvalue weighted by Gasteiger charge is -2.21. The van der Waals surface area contributed by atoms with E-state index in [1.54, 1.807) is 51.1 Å². The Balaban J connectivity index is 2.05. The van der Waals surface area contributed by atoms with Crippen LogP contribution in [0.3, 0.4) is 0 Å². The number of amides is 2. The van der Waals surface area contributed by atoms with Gasteiger partial charge in [0, 0.05) is 6.42 Å². The molecule has 9 heteroatoms. The molecule has 9 nitrogen and oxygen atoms in total. The van der Waals surface area contributed by atoms with E-state index in [0.717, 1.165) is 5.56 Å². The Morgan fingerprint density at radius 1 is 1.00 bits per heavy atom. The molecule has 2 aromatic rings. The second-order valence-electron chi connectivity index (χ2n) is 7.96. The SMILES string of the molecule is COc1ccc(CC(NC(=O)OCc2ccccc2)C(=O)O)cc1NC(=O)OC(C)(C)C. The number of carbonyl (C=O) groups is 3. The number of nitrogens with one attached hydrogen (secondary N) is 2. The van der Waals surface area contributed by atoms with Gasteiger partial charge in [0.25, 0.3) is 0 Å². The fourth-order valence-corrected chi connectivity index (χ4v) is 2.74. The second kappa shape index (κ2) is 11.0. The highest BCUT2D eigenvalue weighted by Gasteiger charge is 2.23. The number of carbonyl (C=O) groups excluding carboxylic acids is 2. The molecule has 0 spiro atoms. The lowest BCUT2D eigenvalue weighted by atomic mass is 10.0. The third-order valence-corrected chi connectivity index (χ3v) is 4.14. The smallest absolute Gasteiger partial charge is 0.412 e. The van der Waals surface area contributed by atoms with Crippen LogP contribution < -0.4 is 15.4 Å². The van der Waals surface area contributed by atoms with Gasteiger partial charge in [-0.2, -0.15) is 0 Å². The third-order valence-electron chi connectivity index (χ3n) is 4.14. The summed E-state index contributed by atoms with van der Waals surface area (Å²) in [7, 11) is 1.44. The minimum absolute atomic E-state index is 0.0193. The van der Waals surface area contributed by atoms with Gasteiger partial charge in [0.2, 0.25) is 0 Å². The summed E-state index contributed by atoms with van der Waals surface area (Å²) in [6.07, 6.45) is -1.56. The molecule has 0 fully saturated rings. The first-order chi connectivity index (χ1) is 15.1. The van der Waals surface area contributed by atoms with Crippen molar-refractivity contribution in [1.29, 1.82) is 0 Å². The summed E-state index contributed by atoms with van der Waals surface area (Å²) in [6.45, 7) is 5.23. The zero-order valence-electron chi connectivity index (χ0n) is 18.5. The van der Waals surface area contributed by atoms with Gasteiger partial charge < -0.3 is 24.6 Å². The van der Waals surface area contributed by atoms with Crippen LogP contribution in [0.15, 0.2) is 48.5 Å². The number of hydrogen-bond acceptors (Lipinski definition) is 6. The van der Waals surface area contributed by atoms with E-state index < -0.39 is 29.8 Å². The molecule has 0 radical (unpaired) electrons. The molecule has 3 N–H and O–H groups in total. The van der Waals surface area contributed by atoms with Gasteiger partial charge in [-0.05, 0) is 44.0 Å². The summed E-state index contributed by atoms with van der Waals surface area (Å²) in [5.41, 5.74) is 0.957. The third kappa shape index (κ3) is 8.17. The molecular weight excluding hydrogens is 416 g/mol. The van der Waals surface area contributed by atoms with E-state index in [1.165, 1.54) is 7.11 Å². The van der Waals surface area contributed by atoms with Crippen molar-refractivity contribution in [3.05, 3.63) is 59.7 Å². The molecule has 0 saturated heterocycles. The van der Waals surface area contributed by atoms with Crippen LogP contribution >= 0.6 is 0 Å². The number of carboxylic acid groups (broad SMARTS) is 1. The molecule has 0 aliphatic carbocycles. The zero-order valence-corrected chi connectivity index (χ0v) is 18.5. The van der Waals surface area contributed by atoms with E-state index >= 15 is 0 Å². The molecule has 0 aliphatic heterocycles. The Hall–Kier alpha value is -3.75. The van der Waals surface area contributed by atoms with E-state index in [9.17, 15) is 19.5 Å². The van der Waals surface area contributed by atoms with Crippen LogP contribution in [0, 0.1) is 0 Å². The Morgan fingerprint density at radius 2 is 1.69 bits per heavy atom. The lowest BCUT2D eigenvalue weighted by molar-refractivity contribution is -0.139. The molecule has 2 amide bonds. The van der Waals surface area contributed by atoms with Crippen molar-refractivity contribution in [3.8, 4) is 5.75 Å². The highest BCUT2D eigenvalue weighted by Crippen LogP contribution is 2.27. The molecular formula is C23H28N2O7. The van der Waals surface area contributed by atoms with Crippen molar-refractivity contribution >= 4 is 23.8 Å². The Morgan fingerprint density at radius 3 is 2.28 bits per heavy atom. The average molecular weight is 444 g/mol. The molecule has 1 unspecified atom stereocenters. The number of benzene rings is 2. The molecule has 0 aliphatic rings. The quantitative estimate of drug-likeness (QED) is 0.563. The largest absolute Gasteiger partial charge is 0.495 e. The van der Waals surface area contributed by atoms with E-state index in [0.29, 0.717) is 17.0 Å². The first-order valence-electron chi connectivity index (χ1n) is 9.94. The Kier molecular flexibility index (Phi) is 8.46. The van der Waals surface area contributed by atoms with Crippen LogP contribution in [0.4, 0.5) is 15.3 Å². The Labute approximate surface area is 186 Å². The minimum atomic E-state index is -1.24. The summed E-state index contributed by atoms with van der Waals surface area (Å²) in [5, 5.41) is 14.5. The average Bonchev–Trinajstić information content (AvgIpc) is 2.71. The van der Waals surface area contributed by atoms with Gasteiger partial charge >= 0.3 is 18.2 Å². The van der Waals surface area contributed by atoms with Gasteiger partial charge in [0.1, 0.15) is 24.0 Å². The van der Waals surface area contributed by atoms with Crippen molar-refractivity contribution in [2.24, 2.45) is 0 Å². The zero-order chi connectivity index (χ0) is 23.7. The second-order valence-corrected chi connectivity index (χ2v) is 7.96. The number of anilines is 1. The van der Waals surface area contributed by atoms with Crippen molar-refractivity contribution < 1.29 is 33.7 Å². The molecule has 32 heavy (non-hydrogen) atoms. The monoisotopic (exact) mass is 444 g/mol. The fourth-order valence-electron chi connectivity index (χ4n) is 2.74. The molecule has 2 rings (SSSR count). The summed E-state index contributed by atoms with van der Waals surface area (Å²) in [4.78, 5) is 35.9. The maximum Gasteiger partial charge on any atom is 0.412 e. The van der Waals surface area contributed by atoms with Crippen LogP contribution in [-0.4, -0.2) is 42.0 Å². The number of ether oxygens (including phenoxy) is 3. The highest BCUT2D eigenvalue weighted by molar-refractivity contribution is 5.87. The van der Waals surface area contributed by atoms with E-state index in [1.807, 2.05) is 18.2 Å². The fraction of sp³-hybridized carbons (Fsp3) is 0.348. The van der Waals surface area contributed by atoms with Crippen molar-refractivity contribution in [2.45, 2.75) is 45.4 Å². The maximum atomic E-state index is 12.1. The topological polar surface area (TPSA) is 123 Å². The van der Waals surface area contributed by atoms with Gasteiger partial charge in [-0.3, -0.25) is 5.32 Å². The van der Waals surface area contributed by atoms with Crippen LogP contribution in [-0.2, 0) is 27.3 Å². The molecule has 0 saturated carbocycles. The van der Waals surface area contributed by atoms with Crippen LogP contribution in [0.1, 0.15) is 31.9 Å². The molecule has 2 aromatic carbocycles.